The van der Waals surface area contributed by atoms with Crippen LogP contribution in [0.4, 0.5) is 0 Å². The zero-order valence-electron chi connectivity index (χ0n) is 21.2. The molecular formula is C26H42N4O4. The van der Waals surface area contributed by atoms with E-state index in [1.807, 2.05) is 70.2 Å². The maximum absolute atomic E-state index is 13.4. The van der Waals surface area contributed by atoms with E-state index in [0.29, 0.717) is 13.0 Å². The van der Waals surface area contributed by atoms with Gasteiger partial charge in [0.1, 0.15) is 0 Å². The Labute approximate surface area is 203 Å². The van der Waals surface area contributed by atoms with Crippen LogP contribution in [0.25, 0.3) is 6.08 Å². The van der Waals surface area contributed by atoms with Gasteiger partial charge in [-0.15, -0.1) is 0 Å². The Bertz CT molecular complexity index is 791. The molecule has 8 nitrogen and oxygen atoms in total. The van der Waals surface area contributed by atoms with Gasteiger partial charge in [-0.2, -0.15) is 0 Å². The molecule has 0 heterocycles. The molecule has 8 heteroatoms. The van der Waals surface area contributed by atoms with Gasteiger partial charge in [0.2, 0.25) is 11.8 Å². The highest BCUT2D eigenvalue weighted by molar-refractivity contribution is 5.89. The van der Waals surface area contributed by atoms with E-state index >= 15 is 0 Å². The molecule has 34 heavy (non-hydrogen) atoms. The van der Waals surface area contributed by atoms with Crippen LogP contribution < -0.4 is 16.6 Å². The van der Waals surface area contributed by atoms with Crippen LogP contribution in [0.1, 0.15) is 65.9 Å². The van der Waals surface area contributed by atoms with E-state index in [-0.39, 0.29) is 24.2 Å². The molecule has 0 fully saturated rings. The van der Waals surface area contributed by atoms with Crippen molar-refractivity contribution in [3.05, 3.63) is 42.0 Å². The molecule has 0 radical (unpaired) electrons. The van der Waals surface area contributed by atoms with Crippen LogP contribution in [0.5, 0.6) is 0 Å². The summed E-state index contributed by atoms with van der Waals surface area (Å²) in [6.07, 6.45) is 6.06. The molecule has 0 aliphatic rings. The van der Waals surface area contributed by atoms with Gasteiger partial charge >= 0.3 is 0 Å². The first kappa shape index (κ1) is 29.3. The van der Waals surface area contributed by atoms with Gasteiger partial charge in [-0.3, -0.25) is 30.0 Å². The first-order valence-corrected chi connectivity index (χ1v) is 12.2. The van der Waals surface area contributed by atoms with Crippen molar-refractivity contribution < 1.29 is 19.6 Å². The summed E-state index contributed by atoms with van der Waals surface area (Å²) in [5.41, 5.74) is 11.3. The highest BCUT2D eigenvalue weighted by Crippen LogP contribution is 2.26. The minimum absolute atomic E-state index is 0.111. The lowest BCUT2D eigenvalue weighted by molar-refractivity contribution is -0.148. The molecule has 3 amide bonds. The molecule has 0 bridgehead atoms. The molecule has 0 aliphatic carbocycles. The van der Waals surface area contributed by atoms with Crippen molar-refractivity contribution in [2.24, 2.45) is 29.4 Å². The molecule has 0 saturated carbocycles. The van der Waals surface area contributed by atoms with Gasteiger partial charge < -0.3 is 5.73 Å². The Balaban J connectivity index is 3.17. The summed E-state index contributed by atoms with van der Waals surface area (Å²) in [7, 11) is 0. The first-order chi connectivity index (χ1) is 16.1. The van der Waals surface area contributed by atoms with Gasteiger partial charge in [-0.25, -0.2) is 5.48 Å². The molecule has 3 atom stereocenters. The van der Waals surface area contributed by atoms with Crippen LogP contribution in [0.3, 0.4) is 0 Å². The fraction of sp³-hybridized carbons (Fsp3) is 0.577. The Morgan fingerprint density at radius 3 is 2.15 bits per heavy atom. The summed E-state index contributed by atoms with van der Waals surface area (Å²) >= 11 is 0. The van der Waals surface area contributed by atoms with Crippen molar-refractivity contribution in [3.8, 4) is 0 Å². The summed E-state index contributed by atoms with van der Waals surface area (Å²) in [6.45, 7) is 9.92. The molecule has 0 unspecified atom stereocenters. The van der Waals surface area contributed by atoms with E-state index in [4.69, 9.17) is 5.73 Å². The second-order valence-electron chi connectivity index (χ2n) is 9.26. The summed E-state index contributed by atoms with van der Waals surface area (Å²) < 4.78 is 0. The monoisotopic (exact) mass is 474 g/mol. The molecule has 0 aliphatic heterocycles. The fourth-order valence-electron chi connectivity index (χ4n) is 3.87. The highest BCUT2D eigenvalue weighted by atomic mass is 16.5. The van der Waals surface area contributed by atoms with E-state index in [2.05, 4.69) is 5.43 Å². The Morgan fingerprint density at radius 2 is 1.65 bits per heavy atom. The number of nitrogens with two attached hydrogens (primary N) is 1. The summed E-state index contributed by atoms with van der Waals surface area (Å²) in [5, 5.41) is 10.7. The second-order valence-corrected chi connectivity index (χ2v) is 9.26. The number of carbonyl (C=O) groups excluding carboxylic acids is 3. The predicted molar refractivity (Wildman–Crippen MR) is 134 cm³/mol. The van der Waals surface area contributed by atoms with E-state index in [1.54, 1.807) is 12.4 Å². The number of hydrazine groups is 1. The van der Waals surface area contributed by atoms with Gasteiger partial charge in [0.25, 0.3) is 5.91 Å². The maximum Gasteiger partial charge on any atom is 0.257 e. The van der Waals surface area contributed by atoms with Crippen molar-refractivity contribution >= 4 is 23.8 Å². The lowest BCUT2D eigenvalue weighted by Crippen LogP contribution is -2.55. The summed E-state index contributed by atoms with van der Waals surface area (Å²) in [4.78, 5) is 38.8. The van der Waals surface area contributed by atoms with E-state index in [0.717, 1.165) is 18.4 Å². The molecule has 1 rings (SSSR count). The number of carbonyl (C=O) groups is 3. The summed E-state index contributed by atoms with van der Waals surface area (Å²) in [6, 6.07) is 8.84. The zero-order chi connectivity index (χ0) is 25.7. The van der Waals surface area contributed by atoms with Crippen molar-refractivity contribution in [1.29, 1.82) is 0 Å². The van der Waals surface area contributed by atoms with Crippen LogP contribution >= 0.6 is 0 Å². The van der Waals surface area contributed by atoms with E-state index in [1.165, 1.54) is 5.01 Å². The van der Waals surface area contributed by atoms with Crippen molar-refractivity contribution in [2.75, 3.05) is 6.54 Å². The van der Waals surface area contributed by atoms with Crippen molar-refractivity contribution in [3.63, 3.8) is 0 Å². The topological polar surface area (TPSA) is 125 Å². The first-order valence-electron chi connectivity index (χ1n) is 12.2. The number of hydroxylamine groups is 1. The Kier molecular flexibility index (Phi) is 13.1. The fourth-order valence-corrected chi connectivity index (χ4v) is 3.87. The Hall–Kier alpha value is -2.71. The lowest BCUT2D eigenvalue weighted by Gasteiger charge is -2.32. The largest absolute Gasteiger partial charge is 0.320 e. The molecule has 190 valence electrons. The third kappa shape index (κ3) is 9.65. The number of allylic oxidation sites excluding steroid dienone is 1. The zero-order valence-corrected chi connectivity index (χ0v) is 21.2. The molecule has 0 saturated heterocycles. The molecule has 0 spiro atoms. The van der Waals surface area contributed by atoms with Gasteiger partial charge in [-0.05, 0) is 37.2 Å². The quantitative estimate of drug-likeness (QED) is 0.257. The molecule has 1 aromatic carbocycles. The minimum atomic E-state index is -0.812. The Morgan fingerprint density at radius 1 is 1.03 bits per heavy atom. The van der Waals surface area contributed by atoms with Crippen LogP contribution in [0.2, 0.25) is 0 Å². The number of hydrogen-bond donors (Lipinski definition) is 4. The minimum Gasteiger partial charge on any atom is -0.320 e. The number of amides is 3. The van der Waals surface area contributed by atoms with Crippen LogP contribution in [0.15, 0.2) is 36.4 Å². The third-order valence-corrected chi connectivity index (χ3v) is 5.99. The van der Waals surface area contributed by atoms with Crippen molar-refractivity contribution in [1.82, 2.24) is 15.9 Å². The van der Waals surface area contributed by atoms with Crippen LogP contribution in [-0.2, 0) is 14.4 Å². The maximum atomic E-state index is 13.4. The number of benzene rings is 1. The SMILES string of the molecule is CCC(CC)CN(NC(=O)[C@H](CC(C)C)[C@H](C/C=C/c1ccccc1)C(=O)NO)C(=O)[C@@H](C)N. The van der Waals surface area contributed by atoms with Gasteiger partial charge in [0, 0.05) is 6.54 Å². The second kappa shape index (κ2) is 15.2. The number of nitrogens with zero attached hydrogens (tertiary/aromatic N) is 1. The summed E-state index contributed by atoms with van der Waals surface area (Å²) in [5.74, 6) is -2.70. The van der Waals surface area contributed by atoms with Crippen LogP contribution in [0, 0.1) is 23.7 Å². The van der Waals surface area contributed by atoms with E-state index < -0.39 is 29.7 Å². The predicted octanol–water partition coefficient (Wildman–Crippen LogP) is 3.52. The van der Waals surface area contributed by atoms with Crippen LogP contribution in [-0.4, -0.2) is 40.5 Å². The third-order valence-electron chi connectivity index (χ3n) is 5.99. The number of nitrogens with one attached hydrogen (secondary N) is 2. The normalized spacial score (nSPS) is 14.1. The highest BCUT2D eigenvalue weighted by Gasteiger charge is 2.35. The van der Waals surface area contributed by atoms with Crippen molar-refractivity contribution in [2.45, 2.75) is 66.3 Å². The average molecular weight is 475 g/mol. The van der Waals surface area contributed by atoms with Gasteiger partial charge in [0.05, 0.1) is 17.9 Å². The smallest absolute Gasteiger partial charge is 0.257 e. The van der Waals surface area contributed by atoms with Gasteiger partial charge in [-0.1, -0.05) is 83.0 Å². The van der Waals surface area contributed by atoms with Gasteiger partial charge in [0.15, 0.2) is 0 Å². The number of rotatable bonds is 13. The molecule has 5 N–H and O–H groups in total. The molecular weight excluding hydrogens is 432 g/mol. The van der Waals surface area contributed by atoms with E-state index in [9.17, 15) is 19.6 Å². The average Bonchev–Trinajstić information content (AvgIpc) is 2.82. The molecule has 1 aromatic rings. The molecule has 0 aromatic heterocycles. The number of hydrogen-bond acceptors (Lipinski definition) is 5. The standard InChI is InChI=1S/C26H42N4O4/c1-6-20(7-2)17-30(26(33)19(5)27)28-24(31)23(16-18(3)4)22(25(32)29-34)15-11-14-21-12-9-8-10-13-21/h8-14,18-20,22-23,34H,6-7,15-17,27H2,1-5H3,(H,28,31)(H,29,32)/b14-11+/t19-,22+,23-/m1/s1. The lowest BCUT2D eigenvalue weighted by atomic mass is 9.82.